The van der Waals surface area contributed by atoms with E-state index in [2.05, 4.69) is 48.8 Å². The van der Waals surface area contributed by atoms with Gasteiger partial charge in [0, 0.05) is 38.5 Å². The third-order valence-electron chi connectivity index (χ3n) is 8.09. The van der Waals surface area contributed by atoms with Gasteiger partial charge in [0.05, 0.1) is 24.1 Å². The van der Waals surface area contributed by atoms with E-state index in [9.17, 15) is 8.42 Å². The first-order chi connectivity index (χ1) is 16.5. The van der Waals surface area contributed by atoms with Gasteiger partial charge in [-0.15, -0.1) is 0 Å². The molecule has 2 atom stereocenters. The first-order valence-corrected chi connectivity index (χ1v) is 14.5. The molecule has 0 saturated carbocycles. The monoisotopic (exact) mass is 503 g/mol. The van der Waals surface area contributed by atoms with Crippen molar-refractivity contribution in [2.24, 2.45) is 10.9 Å². The van der Waals surface area contributed by atoms with Crippen LogP contribution in [0.3, 0.4) is 0 Å². The van der Waals surface area contributed by atoms with Gasteiger partial charge in [-0.05, 0) is 56.3 Å². The number of allylic oxidation sites excluding steroid dienone is 1. The molecule has 5 rings (SSSR count). The number of aliphatic imine (C=N–C) groups is 1. The highest BCUT2D eigenvalue weighted by molar-refractivity contribution is 7.88. The summed E-state index contributed by atoms with van der Waals surface area (Å²) < 4.78 is 37.5. The van der Waals surface area contributed by atoms with Gasteiger partial charge >= 0.3 is 6.01 Å². The third-order valence-corrected chi connectivity index (χ3v) is 9.36. The summed E-state index contributed by atoms with van der Waals surface area (Å²) in [7, 11) is -3.16. The lowest BCUT2D eigenvalue weighted by atomic mass is 9.78. The molecule has 35 heavy (non-hydrogen) atoms. The zero-order valence-electron chi connectivity index (χ0n) is 21.5. The van der Waals surface area contributed by atoms with Gasteiger partial charge in [0.2, 0.25) is 10.0 Å². The number of fused-ring (bicyclic) bond motifs is 1. The van der Waals surface area contributed by atoms with Crippen molar-refractivity contribution < 1.29 is 17.7 Å². The Kier molecular flexibility index (Phi) is 6.21. The lowest BCUT2D eigenvalue weighted by Gasteiger charge is -2.40. The molecule has 0 spiro atoms. The SMILES string of the molecule is CC(C)c1noc(N2CCC(C3(C)CC4=CC(C5=CCN(S(C)(=O)=O)CC5)=NCC4(C)O3)CC2)n1. The minimum Gasteiger partial charge on any atom is -0.362 e. The van der Waals surface area contributed by atoms with Gasteiger partial charge in [-0.3, -0.25) is 4.99 Å². The van der Waals surface area contributed by atoms with Crippen molar-refractivity contribution >= 4 is 21.7 Å². The van der Waals surface area contributed by atoms with Gasteiger partial charge in [0.1, 0.15) is 5.60 Å². The van der Waals surface area contributed by atoms with Crippen molar-refractivity contribution in [3.63, 3.8) is 0 Å². The van der Waals surface area contributed by atoms with Gasteiger partial charge in [-0.25, -0.2) is 8.42 Å². The number of hydrogen-bond donors (Lipinski definition) is 0. The van der Waals surface area contributed by atoms with E-state index in [1.807, 2.05) is 6.08 Å². The van der Waals surface area contributed by atoms with Gasteiger partial charge in [-0.1, -0.05) is 25.1 Å². The van der Waals surface area contributed by atoms with Crippen LogP contribution < -0.4 is 4.90 Å². The Morgan fingerprint density at radius 1 is 1.17 bits per heavy atom. The van der Waals surface area contributed by atoms with E-state index in [1.54, 1.807) is 0 Å². The van der Waals surface area contributed by atoms with Crippen LogP contribution >= 0.6 is 0 Å². The summed E-state index contributed by atoms with van der Waals surface area (Å²) in [6, 6.07) is 0.626. The number of ether oxygens (including phenoxy) is 1. The van der Waals surface area contributed by atoms with E-state index in [4.69, 9.17) is 14.3 Å². The van der Waals surface area contributed by atoms with Crippen LogP contribution in [0.15, 0.2) is 32.8 Å². The largest absolute Gasteiger partial charge is 0.362 e. The van der Waals surface area contributed by atoms with E-state index in [1.165, 1.54) is 16.1 Å². The topological polar surface area (TPSA) is 101 Å². The van der Waals surface area contributed by atoms with Crippen LogP contribution in [-0.4, -0.2) is 78.8 Å². The molecule has 0 aliphatic carbocycles. The fourth-order valence-electron chi connectivity index (χ4n) is 5.84. The molecule has 4 aliphatic heterocycles. The van der Waals surface area contributed by atoms with E-state index in [-0.39, 0.29) is 17.1 Å². The summed E-state index contributed by atoms with van der Waals surface area (Å²) in [4.78, 5) is 11.6. The van der Waals surface area contributed by atoms with Crippen LogP contribution in [0.1, 0.15) is 65.1 Å². The molecule has 2 saturated heterocycles. The quantitative estimate of drug-likeness (QED) is 0.607. The average molecular weight is 504 g/mol. The maximum atomic E-state index is 11.8. The molecule has 9 nitrogen and oxygen atoms in total. The Balaban J connectivity index is 1.25. The number of anilines is 1. The first kappa shape index (κ1) is 24.6. The van der Waals surface area contributed by atoms with Crippen LogP contribution in [-0.2, 0) is 14.8 Å². The molecule has 2 unspecified atom stereocenters. The van der Waals surface area contributed by atoms with Crippen LogP contribution in [0.4, 0.5) is 6.01 Å². The van der Waals surface area contributed by atoms with E-state index in [0.29, 0.717) is 38.0 Å². The Bertz CT molecular complexity index is 1180. The maximum Gasteiger partial charge on any atom is 0.324 e. The van der Waals surface area contributed by atoms with E-state index >= 15 is 0 Å². The van der Waals surface area contributed by atoms with Gasteiger partial charge in [-0.2, -0.15) is 9.29 Å². The predicted molar refractivity (Wildman–Crippen MR) is 135 cm³/mol. The zero-order chi connectivity index (χ0) is 25.0. The molecule has 1 aromatic heterocycles. The number of sulfonamides is 1. The van der Waals surface area contributed by atoms with Crippen LogP contribution in [0, 0.1) is 5.92 Å². The molecule has 1 aromatic rings. The lowest BCUT2D eigenvalue weighted by Crippen LogP contribution is -2.45. The fraction of sp³-hybridized carbons (Fsp3) is 0.720. The molecule has 0 N–H and O–H groups in total. The smallest absolute Gasteiger partial charge is 0.324 e. The van der Waals surface area contributed by atoms with Crippen LogP contribution in [0.5, 0.6) is 0 Å². The molecule has 0 aromatic carbocycles. The normalized spacial score (nSPS) is 30.8. The van der Waals surface area contributed by atoms with Crippen molar-refractivity contribution in [1.82, 2.24) is 14.4 Å². The number of aromatic nitrogens is 2. The zero-order valence-corrected chi connectivity index (χ0v) is 22.3. The third kappa shape index (κ3) is 4.72. The standard InChI is InChI=1S/C25H37N5O4S/c1-17(2)22-27-23(33-28-22)29-10-8-19(9-11-29)24(3)15-20-14-21(26-16-25(20,4)34-24)18-6-12-30(13-7-18)35(5,31)32/h6,14,17,19H,7-13,15-16H2,1-5H3. The Morgan fingerprint density at radius 2 is 1.91 bits per heavy atom. The van der Waals surface area contributed by atoms with E-state index in [0.717, 1.165) is 49.5 Å². The van der Waals surface area contributed by atoms with Crippen LogP contribution in [0.2, 0.25) is 0 Å². The number of rotatable bonds is 5. The Morgan fingerprint density at radius 3 is 2.51 bits per heavy atom. The molecule has 4 aliphatic rings. The van der Waals surface area contributed by atoms with Crippen molar-refractivity contribution in [2.75, 3.05) is 43.9 Å². The summed E-state index contributed by atoms with van der Waals surface area (Å²) >= 11 is 0. The summed E-state index contributed by atoms with van der Waals surface area (Å²) in [6.07, 6.45) is 9.10. The van der Waals surface area contributed by atoms with Crippen molar-refractivity contribution in [3.8, 4) is 0 Å². The summed E-state index contributed by atoms with van der Waals surface area (Å²) in [5.74, 6) is 1.45. The highest BCUT2D eigenvalue weighted by Gasteiger charge is 2.52. The molecule has 0 radical (unpaired) electrons. The highest BCUT2D eigenvalue weighted by Crippen LogP contribution is 2.50. The van der Waals surface area contributed by atoms with Crippen LogP contribution in [0.25, 0.3) is 0 Å². The number of nitrogens with zero attached hydrogens (tertiary/aromatic N) is 5. The Labute approximate surface area is 208 Å². The molecule has 5 heterocycles. The second-order valence-electron chi connectivity index (χ2n) is 11.1. The average Bonchev–Trinajstić information content (AvgIpc) is 3.41. The second kappa shape index (κ2) is 8.81. The molecule has 192 valence electrons. The maximum absolute atomic E-state index is 11.8. The van der Waals surface area contributed by atoms with Crippen molar-refractivity contribution in [2.45, 2.75) is 70.5 Å². The van der Waals surface area contributed by atoms with Crippen molar-refractivity contribution in [1.29, 1.82) is 0 Å². The van der Waals surface area contributed by atoms with Gasteiger partial charge in [0.15, 0.2) is 5.82 Å². The van der Waals surface area contributed by atoms with Crippen molar-refractivity contribution in [3.05, 3.63) is 29.1 Å². The van der Waals surface area contributed by atoms with Gasteiger partial charge < -0.3 is 14.2 Å². The lowest BCUT2D eigenvalue weighted by molar-refractivity contribution is -0.109. The molecule has 10 heteroatoms. The molecular weight excluding hydrogens is 466 g/mol. The fourth-order valence-corrected chi connectivity index (χ4v) is 6.61. The molecule has 2 fully saturated rings. The summed E-state index contributed by atoms with van der Waals surface area (Å²) in [5, 5.41) is 4.11. The molecule has 0 bridgehead atoms. The highest BCUT2D eigenvalue weighted by atomic mass is 32.2. The molecular formula is C25H37N5O4S. The van der Waals surface area contributed by atoms with Gasteiger partial charge in [0.25, 0.3) is 0 Å². The number of dihydropyridines is 1. The molecule has 0 amide bonds. The minimum absolute atomic E-state index is 0.233. The second-order valence-corrected chi connectivity index (χ2v) is 13.1. The number of piperidine rings is 1. The number of hydrogen-bond acceptors (Lipinski definition) is 8. The summed E-state index contributed by atoms with van der Waals surface area (Å²) in [5.41, 5.74) is 2.83. The van der Waals surface area contributed by atoms with E-state index < -0.39 is 10.0 Å². The predicted octanol–water partition coefficient (Wildman–Crippen LogP) is 3.32. The first-order valence-electron chi connectivity index (χ1n) is 12.7. The Hall–Kier alpha value is -2.04. The summed E-state index contributed by atoms with van der Waals surface area (Å²) in [6.45, 7) is 11.8. The minimum atomic E-state index is -3.16.